The highest BCUT2D eigenvalue weighted by Crippen LogP contribution is 2.38. The molecule has 2 N–H and O–H groups in total. The van der Waals surface area contributed by atoms with Gasteiger partial charge in [-0.2, -0.15) is 0 Å². The molecule has 92 valence electrons. The maximum Gasteiger partial charge on any atom is 0.0738 e. The summed E-state index contributed by atoms with van der Waals surface area (Å²) < 4.78 is 0. The molecule has 0 aromatic carbocycles. The van der Waals surface area contributed by atoms with Crippen molar-refractivity contribution in [1.29, 1.82) is 0 Å². The monoisotopic (exact) mass is 231 g/mol. The van der Waals surface area contributed by atoms with Crippen molar-refractivity contribution >= 4 is 11.4 Å². The molecule has 3 nitrogen and oxygen atoms in total. The van der Waals surface area contributed by atoms with Crippen LogP contribution in [0.15, 0.2) is 18.5 Å². The number of hydrogen-bond donors (Lipinski definition) is 1. The van der Waals surface area contributed by atoms with E-state index in [1.54, 1.807) is 6.20 Å². The Labute approximate surface area is 103 Å². The lowest BCUT2D eigenvalue weighted by Gasteiger charge is -2.45. The van der Waals surface area contributed by atoms with Crippen LogP contribution in [0.4, 0.5) is 11.4 Å². The van der Waals surface area contributed by atoms with Gasteiger partial charge in [-0.15, -0.1) is 0 Å². The minimum absolute atomic E-state index is 0.724. The van der Waals surface area contributed by atoms with E-state index in [4.69, 9.17) is 5.73 Å². The lowest BCUT2D eigenvalue weighted by atomic mass is 9.78. The fraction of sp³-hybridized carbons (Fsp3) is 0.643. The van der Waals surface area contributed by atoms with Crippen molar-refractivity contribution in [1.82, 2.24) is 4.98 Å². The second-order valence-electron chi connectivity index (χ2n) is 5.38. The number of rotatable bonds is 1. The maximum atomic E-state index is 6.07. The molecule has 2 aliphatic rings. The van der Waals surface area contributed by atoms with Gasteiger partial charge in [0.15, 0.2) is 0 Å². The fourth-order valence-electron chi connectivity index (χ4n) is 3.58. The maximum absolute atomic E-state index is 6.07. The molecule has 0 spiro atoms. The average Bonchev–Trinajstić information content (AvgIpc) is 2.39. The van der Waals surface area contributed by atoms with E-state index in [1.165, 1.54) is 44.2 Å². The summed E-state index contributed by atoms with van der Waals surface area (Å²) in [5.74, 6) is 0.894. The van der Waals surface area contributed by atoms with Crippen LogP contribution in [0, 0.1) is 5.92 Å². The third kappa shape index (κ3) is 1.99. The highest BCUT2D eigenvalue weighted by atomic mass is 15.2. The molecule has 1 aliphatic carbocycles. The highest BCUT2D eigenvalue weighted by Gasteiger charge is 2.33. The molecule has 1 aromatic rings. The van der Waals surface area contributed by atoms with Gasteiger partial charge in [-0.1, -0.05) is 12.8 Å². The molecule has 2 fully saturated rings. The summed E-state index contributed by atoms with van der Waals surface area (Å²) in [5.41, 5.74) is 8.11. The summed E-state index contributed by atoms with van der Waals surface area (Å²) in [6, 6.07) is 2.80. The molecule has 3 heteroatoms. The van der Waals surface area contributed by atoms with Gasteiger partial charge in [0.1, 0.15) is 0 Å². The number of nitrogens with zero attached hydrogens (tertiary/aromatic N) is 2. The van der Waals surface area contributed by atoms with Crippen LogP contribution in [0.5, 0.6) is 0 Å². The topological polar surface area (TPSA) is 42.1 Å². The normalized spacial score (nSPS) is 28.8. The van der Waals surface area contributed by atoms with Crippen LogP contribution in [-0.4, -0.2) is 17.6 Å². The summed E-state index contributed by atoms with van der Waals surface area (Å²) in [5, 5.41) is 0. The van der Waals surface area contributed by atoms with Crippen molar-refractivity contribution in [3.63, 3.8) is 0 Å². The predicted molar refractivity (Wildman–Crippen MR) is 71.0 cm³/mol. The molecule has 0 radical (unpaired) electrons. The minimum atomic E-state index is 0.724. The van der Waals surface area contributed by atoms with Crippen LogP contribution >= 0.6 is 0 Å². The van der Waals surface area contributed by atoms with Crippen molar-refractivity contribution in [2.24, 2.45) is 5.92 Å². The predicted octanol–water partition coefficient (Wildman–Crippen LogP) is 2.82. The van der Waals surface area contributed by atoms with Crippen molar-refractivity contribution in [2.45, 2.75) is 44.6 Å². The third-order valence-electron chi connectivity index (χ3n) is 4.38. The van der Waals surface area contributed by atoms with Crippen molar-refractivity contribution in [3.8, 4) is 0 Å². The molecule has 3 rings (SSSR count). The summed E-state index contributed by atoms with van der Waals surface area (Å²) in [7, 11) is 0. The second kappa shape index (κ2) is 4.55. The van der Waals surface area contributed by atoms with E-state index >= 15 is 0 Å². The number of pyridine rings is 1. The minimum Gasteiger partial charge on any atom is -0.396 e. The number of piperidine rings is 1. The van der Waals surface area contributed by atoms with Crippen LogP contribution in [0.2, 0.25) is 0 Å². The van der Waals surface area contributed by atoms with Gasteiger partial charge in [-0.25, -0.2) is 0 Å². The molecule has 17 heavy (non-hydrogen) atoms. The van der Waals surface area contributed by atoms with E-state index in [-0.39, 0.29) is 0 Å². The Morgan fingerprint density at radius 3 is 2.88 bits per heavy atom. The molecule has 0 bridgehead atoms. The van der Waals surface area contributed by atoms with E-state index < -0.39 is 0 Å². The standard InChI is InChI=1S/C14H21N3/c15-12-10-16-8-7-14(12)17-9-3-5-11-4-1-2-6-13(11)17/h7-8,10-11,13H,1-6,9,15H2/t11-,13-/m1/s1. The van der Waals surface area contributed by atoms with E-state index in [2.05, 4.69) is 16.0 Å². The molecule has 0 unspecified atom stereocenters. The zero-order valence-corrected chi connectivity index (χ0v) is 10.3. The van der Waals surface area contributed by atoms with Gasteiger partial charge in [0, 0.05) is 18.8 Å². The Morgan fingerprint density at radius 2 is 2.00 bits per heavy atom. The van der Waals surface area contributed by atoms with Crippen LogP contribution in [-0.2, 0) is 0 Å². The van der Waals surface area contributed by atoms with Gasteiger partial charge in [-0.05, 0) is 37.7 Å². The first kappa shape index (κ1) is 10.9. The molecule has 0 amide bonds. The zero-order valence-electron chi connectivity index (χ0n) is 10.3. The second-order valence-corrected chi connectivity index (χ2v) is 5.38. The van der Waals surface area contributed by atoms with Crippen LogP contribution < -0.4 is 10.6 Å². The zero-order chi connectivity index (χ0) is 11.7. The Bertz CT molecular complexity index is 389. The molecular weight excluding hydrogens is 210 g/mol. The molecule has 1 saturated carbocycles. The van der Waals surface area contributed by atoms with Crippen LogP contribution in [0.1, 0.15) is 38.5 Å². The van der Waals surface area contributed by atoms with Gasteiger partial charge in [0.25, 0.3) is 0 Å². The van der Waals surface area contributed by atoms with Gasteiger partial charge in [0.2, 0.25) is 0 Å². The fourth-order valence-corrected chi connectivity index (χ4v) is 3.58. The Hall–Kier alpha value is -1.25. The quantitative estimate of drug-likeness (QED) is 0.808. The Kier molecular flexibility index (Phi) is 2.91. The van der Waals surface area contributed by atoms with Crippen LogP contribution in [0.25, 0.3) is 0 Å². The van der Waals surface area contributed by atoms with Crippen molar-refractivity contribution < 1.29 is 0 Å². The number of nitrogen functional groups attached to an aromatic ring is 1. The van der Waals surface area contributed by atoms with Gasteiger partial charge in [0.05, 0.1) is 17.6 Å². The lowest BCUT2D eigenvalue weighted by molar-refractivity contribution is 0.244. The molecular formula is C14H21N3. The highest BCUT2D eigenvalue weighted by molar-refractivity contribution is 5.66. The largest absolute Gasteiger partial charge is 0.396 e. The van der Waals surface area contributed by atoms with Gasteiger partial charge >= 0.3 is 0 Å². The Balaban J connectivity index is 1.88. The number of nitrogens with two attached hydrogens (primary N) is 1. The SMILES string of the molecule is Nc1cnccc1N1CCC[C@H]2CCCC[C@H]21. The molecule has 1 saturated heterocycles. The summed E-state index contributed by atoms with van der Waals surface area (Å²) >= 11 is 0. The summed E-state index contributed by atoms with van der Waals surface area (Å²) in [4.78, 5) is 6.64. The molecule has 1 aromatic heterocycles. The van der Waals surface area contributed by atoms with E-state index in [0.717, 1.165) is 24.2 Å². The third-order valence-corrected chi connectivity index (χ3v) is 4.38. The van der Waals surface area contributed by atoms with Crippen molar-refractivity contribution in [3.05, 3.63) is 18.5 Å². The number of anilines is 2. The average molecular weight is 231 g/mol. The number of hydrogen-bond acceptors (Lipinski definition) is 3. The number of aromatic nitrogens is 1. The van der Waals surface area contributed by atoms with Gasteiger partial charge < -0.3 is 10.6 Å². The first-order valence-corrected chi connectivity index (χ1v) is 6.82. The Morgan fingerprint density at radius 1 is 1.18 bits per heavy atom. The van der Waals surface area contributed by atoms with Gasteiger partial charge in [-0.3, -0.25) is 4.98 Å². The van der Waals surface area contributed by atoms with E-state index in [9.17, 15) is 0 Å². The molecule has 2 heterocycles. The summed E-state index contributed by atoms with van der Waals surface area (Å²) in [6.45, 7) is 1.16. The summed E-state index contributed by atoms with van der Waals surface area (Å²) in [6.07, 6.45) is 11.9. The smallest absolute Gasteiger partial charge is 0.0738 e. The number of fused-ring (bicyclic) bond motifs is 1. The molecule has 2 atom stereocenters. The first-order chi connectivity index (χ1) is 8.36. The lowest BCUT2D eigenvalue weighted by Crippen LogP contribution is -2.47. The van der Waals surface area contributed by atoms with E-state index in [0.29, 0.717) is 0 Å². The molecule has 1 aliphatic heterocycles. The van der Waals surface area contributed by atoms with Crippen molar-refractivity contribution in [2.75, 3.05) is 17.2 Å². The van der Waals surface area contributed by atoms with Crippen LogP contribution in [0.3, 0.4) is 0 Å². The first-order valence-electron chi connectivity index (χ1n) is 6.82. The van der Waals surface area contributed by atoms with E-state index in [1.807, 2.05) is 6.20 Å².